The summed E-state index contributed by atoms with van der Waals surface area (Å²) < 4.78 is 51.3. The third-order valence-corrected chi connectivity index (χ3v) is 8.44. The fourth-order valence-electron chi connectivity index (χ4n) is 3.16. The molecule has 9 heteroatoms. The highest BCUT2D eigenvalue weighted by molar-refractivity contribution is 7.91. The zero-order valence-electron chi connectivity index (χ0n) is 16.0. The third kappa shape index (κ3) is 5.43. The molecule has 1 heterocycles. The number of nitrogens with one attached hydrogen (secondary N) is 1. The highest BCUT2D eigenvalue weighted by atomic mass is 32.2. The molecule has 1 aliphatic rings. The van der Waals surface area contributed by atoms with Gasteiger partial charge in [0.1, 0.15) is 0 Å². The van der Waals surface area contributed by atoms with Crippen LogP contribution in [0.5, 0.6) is 0 Å². The van der Waals surface area contributed by atoms with E-state index >= 15 is 0 Å². The number of benzene rings is 2. The quantitative estimate of drug-likeness (QED) is 0.719. The minimum absolute atomic E-state index is 0.181. The van der Waals surface area contributed by atoms with Gasteiger partial charge in [-0.2, -0.15) is 4.31 Å². The maximum absolute atomic E-state index is 12.6. The molecular formula is C20H24N2O5S2. The highest BCUT2D eigenvalue weighted by Crippen LogP contribution is 2.22. The summed E-state index contributed by atoms with van der Waals surface area (Å²) in [6.45, 7) is 1.05. The number of carbonyl (C=O) groups is 1. The molecule has 0 saturated carbocycles. The molecule has 1 fully saturated rings. The Kier molecular flexibility index (Phi) is 6.71. The number of hydrogen-bond donors (Lipinski definition) is 1. The fraction of sp³-hybridized carbons (Fsp3) is 0.350. The number of carbonyl (C=O) groups excluding carboxylic acids is 1. The number of sulfone groups is 1. The predicted octanol–water partition coefficient (Wildman–Crippen LogP) is 2.66. The monoisotopic (exact) mass is 436 g/mol. The molecule has 29 heavy (non-hydrogen) atoms. The average Bonchev–Trinajstić information content (AvgIpc) is 2.74. The van der Waals surface area contributed by atoms with Gasteiger partial charge in [-0.15, -0.1) is 0 Å². The number of nitrogens with zero attached hydrogens (tertiary/aromatic N) is 1. The molecule has 1 aliphatic heterocycles. The number of hydrogen-bond acceptors (Lipinski definition) is 5. The second-order valence-electron chi connectivity index (χ2n) is 6.92. The van der Waals surface area contributed by atoms with Crippen molar-refractivity contribution in [1.29, 1.82) is 0 Å². The van der Waals surface area contributed by atoms with Gasteiger partial charge in [0.25, 0.3) is 0 Å². The molecule has 0 radical (unpaired) electrons. The summed E-state index contributed by atoms with van der Waals surface area (Å²) in [5.41, 5.74) is 0.421. The Hall–Kier alpha value is -2.23. The van der Waals surface area contributed by atoms with Crippen LogP contribution in [0.3, 0.4) is 0 Å². The molecule has 0 atom stereocenters. The Morgan fingerprint density at radius 1 is 0.828 bits per heavy atom. The largest absolute Gasteiger partial charge is 0.326 e. The van der Waals surface area contributed by atoms with Crippen LogP contribution in [-0.2, 0) is 24.7 Å². The van der Waals surface area contributed by atoms with E-state index in [-0.39, 0.29) is 22.0 Å². The minimum atomic E-state index is -3.53. The first-order chi connectivity index (χ1) is 13.8. The van der Waals surface area contributed by atoms with Crippen molar-refractivity contribution < 1.29 is 21.6 Å². The molecule has 2 aromatic carbocycles. The first-order valence-corrected chi connectivity index (χ1v) is 12.6. The lowest BCUT2D eigenvalue weighted by molar-refractivity contribution is -0.115. The third-order valence-electron chi connectivity index (χ3n) is 4.79. The van der Waals surface area contributed by atoms with Crippen molar-refractivity contribution in [3.8, 4) is 0 Å². The van der Waals surface area contributed by atoms with Crippen LogP contribution in [-0.4, -0.2) is 45.9 Å². The van der Waals surface area contributed by atoms with Crippen LogP contribution in [0.25, 0.3) is 0 Å². The van der Waals surface area contributed by atoms with E-state index in [0.29, 0.717) is 18.8 Å². The first-order valence-electron chi connectivity index (χ1n) is 9.47. The second kappa shape index (κ2) is 9.06. The Balaban J connectivity index is 1.59. The highest BCUT2D eigenvalue weighted by Gasteiger charge is 2.25. The lowest BCUT2D eigenvalue weighted by atomic mass is 10.2. The Labute approximate surface area is 171 Å². The van der Waals surface area contributed by atoms with Crippen LogP contribution in [0.1, 0.15) is 25.7 Å². The van der Waals surface area contributed by atoms with Gasteiger partial charge >= 0.3 is 0 Å². The Bertz CT molecular complexity index is 1040. The Morgan fingerprint density at radius 3 is 2.07 bits per heavy atom. The maximum Gasteiger partial charge on any atom is 0.243 e. The van der Waals surface area contributed by atoms with Crippen molar-refractivity contribution in [3.63, 3.8) is 0 Å². The second-order valence-corrected chi connectivity index (χ2v) is 11.0. The van der Waals surface area contributed by atoms with Crippen molar-refractivity contribution in [2.45, 2.75) is 35.5 Å². The van der Waals surface area contributed by atoms with Gasteiger partial charge in [-0.3, -0.25) is 4.79 Å². The lowest BCUT2D eigenvalue weighted by Gasteiger charge is -2.25. The summed E-state index contributed by atoms with van der Waals surface area (Å²) >= 11 is 0. The van der Waals surface area contributed by atoms with Gasteiger partial charge in [-0.25, -0.2) is 16.8 Å². The zero-order chi connectivity index (χ0) is 20.9. The molecule has 1 saturated heterocycles. The van der Waals surface area contributed by atoms with Crippen molar-refractivity contribution in [2.75, 3.05) is 24.2 Å². The average molecular weight is 437 g/mol. The van der Waals surface area contributed by atoms with Gasteiger partial charge in [0.05, 0.1) is 15.5 Å². The van der Waals surface area contributed by atoms with E-state index < -0.39 is 25.8 Å². The molecule has 7 nitrogen and oxygen atoms in total. The Morgan fingerprint density at radius 2 is 1.45 bits per heavy atom. The standard InChI is InChI=1S/C20H24N2O5S2/c23-20(13-16-28(24,25)18-7-3-1-4-8-18)21-17-9-11-19(12-10-17)29(26,27)22-14-5-2-6-15-22/h1,3-4,7-12H,2,5-6,13-16H2,(H,21,23). The van der Waals surface area contributed by atoms with Crippen LogP contribution in [0, 0.1) is 0 Å². The van der Waals surface area contributed by atoms with Gasteiger partial charge in [-0.05, 0) is 49.2 Å². The molecule has 1 N–H and O–H groups in total. The smallest absolute Gasteiger partial charge is 0.243 e. The maximum atomic E-state index is 12.6. The fourth-order valence-corrected chi connectivity index (χ4v) is 5.94. The summed E-state index contributed by atoms with van der Waals surface area (Å²) in [5.74, 6) is -0.749. The number of rotatable bonds is 7. The molecule has 3 rings (SSSR count). The van der Waals surface area contributed by atoms with Crippen LogP contribution >= 0.6 is 0 Å². The van der Waals surface area contributed by atoms with E-state index in [1.165, 1.54) is 40.7 Å². The molecular weight excluding hydrogens is 412 g/mol. The normalized spacial score (nSPS) is 15.7. The molecule has 1 amide bonds. The predicted molar refractivity (Wildman–Crippen MR) is 111 cm³/mol. The molecule has 156 valence electrons. The van der Waals surface area contributed by atoms with E-state index in [4.69, 9.17) is 0 Å². The number of sulfonamides is 1. The van der Waals surface area contributed by atoms with E-state index in [2.05, 4.69) is 5.32 Å². The molecule has 0 spiro atoms. The summed E-state index contributed by atoms with van der Waals surface area (Å²) in [5, 5.41) is 2.61. The number of amides is 1. The van der Waals surface area contributed by atoms with Crippen LogP contribution in [0.4, 0.5) is 5.69 Å². The summed E-state index contributed by atoms with van der Waals surface area (Å²) in [6, 6.07) is 13.9. The molecule has 0 bridgehead atoms. The van der Waals surface area contributed by atoms with Gasteiger partial charge in [-0.1, -0.05) is 24.6 Å². The number of piperidine rings is 1. The summed E-state index contributed by atoms with van der Waals surface area (Å²) in [7, 11) is -7.06. The van der Waals surface area contributed by atoms with Crippen LogP contribution < -0.4 is 5.32 Å². The molecule has 0 aromatic heterocycles. The van der Waals surface area contributed by atoms with Gasteiger partial charge < -0.3 is 5.32 Å². The van der Waals surface area contributed by atoms with E-state index in [1.807, 2.05) is 0 Å². The van der Waals surface area contributed by atoms with Crippen molar-refractivity contribution in [1.82, 2.24) is 4.31 Å². The SMILES string of the molecule is O=C(CCS(=O)(=O)c1ccccc1)Nc1ccc(S(=O)(=O)N2CCCCC2)cc1. The minimum Gasteiger partial charge on any atom is -0.326 e. The van der Waals surface area contributed by atoms with E-state index in [1.54, 1.807) is 18.2 Å². The molecule has 0 aliphatic carbocycles. The van der Waals surface area contributed by atoms with Gasteiger partial charge in [0.2, 0.25) is 15.9 Å². The van der Waals surface area contributed by atoms with E-state index in [0.717, 1.165) is 19.3 Å². The van der Waals surface area contributed by atoms with Crippen molar-refractivity contribution in [3.05, 3.63) is 54.6 Å². The van der Waals surface area contributed by atoms with Crippen LogP contribution in [0.2, 0.25) is 0 Å². The van der Waals surface area contributed by atoms with Gasteiger partial charge in [0, 0.05) is 25.2 Å². The van der Waals surface area contributed by atoms with Crippen molar-refractivity contribution in [2.24, 2.45) is 0 Å². The molecule has 0 unspecified atom stereocenters. The first kappa shape index (κ1) is 21.5. The zero-order valence-corrected chi connectivity index (χ0v) is 17.6. The summed E-state index contributed by atoms with van der Waals surface area (Å²) in [4.78, 5) is 12.5. The van der Waals surface area contributed by atoms with Crippen molar-refractivity contribution >= 4 is 31.5 Å². The van der Waals surface area contributed by atoms with Crippen LogP contribution in [0.15, 0.2) is 64.4 Å². The number of anilines is 1. The topological polar surface area (TPSA) is 101 Å². The summed E-state index contributed by atoms with van der Waals surface area (Å²) in [6.07, 6.45) is 2.57. The van der Waals surface area contributed by atoms with Gasteiger partial charge in [0.15, 0.2) is 9.84 Å². The lowest BCUT2D eigenvalue weighted by Crippen LogP contribution is -2.35. The van der Waals surface area contributed by atoms with E-state index in [9.17, 15) is 21.6 Å². The molecule has 2 aromatic rings.